The first-order valence-electron chi connectivity index (χ1n) is 8.06. The van der Waals surface area contributed by atoms with E-state index in [0.29, 0.717) is 11.5 Å². The van der Waals surface area contributed by atoms with Gasteiger partial charge in [0, 0.05) is 18.0 Å². The fraction of sp³-hybridized carbons (Fsp3) is 0.667. The summed E-state index contributed by atoms with van der Waals surface area (Å²) in [5.41, 5.74) is 1.05. The third kappa shape index (κ3) is 3.12. The number of hydrogen-bond acceptors (Lipinski definition) is 1. The Hall–Kier alpha value is -0.600. The Morgan fingerprint density at radius 1 is 1.24 bits per heavy atom. The highest BCUT2D eigenvalue weighted by Crippen LogP contribution is 2.59. The van der Waals surface area contributed by atoms with Crippen LogP contribution in [-0.4, -0.2) is 12.6 Å². The van der Waals surface area contributed by atoms with Crippen molar-refractivity contribution in [2.45, 2.75) is 64.8 Å². The molecule has 1 aliphatic rings. The van der Waals surface area contributed by atoms with E-state index in [9.17, 15) is 4.39 Å². The molecule has 0 amide bonds. The Labute approximate surface area is 133 Å². The fourth-order valence-electron chi connectivity index (χ4n) is 3.86. The highest BCUT2D eigenvalue weighted by molar-refractivity contribution is 6.30. The minimum Gasteiger partial charge on any atom is -0.314 e. The third-order valence-electron chi connectivity index (χ3n) is 5.30. The fourth-order valence-corrected chi connectivity index (χ4v) is 4.03. The van der Waals surface area contributed by atoms with Crippen LogP contribution in [0.1, 0.15) is 58.9 Å². The first kappa shape index (κ1) is 16.8. The van der Waals surface area contributed by atoms with Crippen LogP contribution in [-0.2, 0) is 5.41 Å². The molecule has 21 heavy (non-hydrogen) atoms. The van der Waals surface area contributed by atoms with E-state index in [4.69, 9.17) is 11.6 Å². The number of nitrogens with one attached hydrogen (secondary N) is 1. The van der Waals surface area contributed by atoms with Crippen molar-refractivity contribution >= 4 is 11.6 Å². The molecule has 1 aliphatic carbocycles. The molecule has 3 heteroatoms. The number of hydrogen-bond donors (Lipinski definition) is 1. The van der Waals surface area contributed by atoms with Gasteiger partial charge in [-0.1, -0.05) is 64.3 Å². The molecule has 1 nitrogen and oxygen atoms in total. The lowest BCUT2D eigenvalue weighted by molar-refractivity contribution is 0.00974. The molecule has 0 heterocycles. The number of rotatable bonds is 6. The van der Waals surface area contributed by atoms with E-state index in [2.05, 4.69) is 33.0 Å². The molecule has 1 saturated carbocycles. The summed E-state index contributed by atoms with van der Waals surface area (Å²) in [4.78, 5) is 0. The molecule has 1 N–H and O–H groups in total. The van der Waals surface area contributed by atoms with E-state index in [-0.39, 0.29) is 16.3 Å². The van der Waals surface area contributed by atoms with Gasteiger partial charge in [0.15, 0.2) is 0 Å². The molecule has 0 radical (unpaired) electrons. The van der Waals surface area contributed by atoms with Crippen LogP contribution in [0, 0.1) is 11.2 Å². The van der Waals surface area contributed by atoms with Crippen molar-refractivity contribution in [3.63, 3.8) is 0 Å². The van der Waals surface area contributed by atoms with Crippen LogP contribution in [0.2, 0.25) is 5.02 Å². The second kappa shape index (κ2) is 6.26. The largest absolute Gasteiger partial charge is 0.314 e. The molecule has 0 spiro atoms. The topological polar surface area (TPSA) is 12.0 Å². The van der Waals surface area contributed by atoms with Gasteiger partial charge in [0.25, 0.3) is 0 Å². The second-order valence-corrected chi connectivity index (χ2v) is 7.39. The normalized spacial score (nSPS) is 19.6. The summed E-state index contributed by atoms with van der Waals surface area (Å²) in [6.45, 7) is 9.58. The summed E-state index contributed by atoms with van der Waals surface area (Å²) in [5.74, 6) is -0.231. The molecule has 2 rings (SSSR count). The molecule has 0 aromatic heterocycles. The summed E-state index contributed by atoms with van der Waals surface area (Å²) >= 11 is 6.01. The van der Waals surface area contributed by atoms with Gasteiger partial charge >= 0.3 is 0 Å². The van der Waals surface area contributed by atoms with Gasteiger partial charge < -0.3 is 5.32 Å². The Balaban J connectivity index is 2.32. The first-order chi connectivity index (χ1) is 9.88. The third-order valence-corrected chi connectivity index (χ3v) is 5.59. The molecular formula is C18H27ClFN. The van der Waals surface area contributed by atoms with Crippen molar-refractivity contribution < 1.29 is 4.39 Å². The summed E-state index contributed by atoms with van der Waals surface area (Å²) in [5, 5.41) is 3.75. The lowest BCUT2D eigenvalue weighted by Crippen LogP contribution is -2.55. The van der Waals surface area contributed by atoms with Crippen LogP contribution in [0.4, 0.5) is 4.39 Å². The zero-order valence-corrected chi connectivity index (χ0v) is 14.4. The van der Waals surface area contributed by atoms with Crippen molar-refractivity contribution in [3.8, 4) is 0 Å². The molecule has 0 aliphatic heterocycles. The maximum atomic E-state index is 14.5. The van der Waals surface area contributed by atoms with E-state index >= 15 is 0 Å². The average Bonchev–Trinajstić information content (AvgIpc) is 2.42. The molecule has 0 bridgehead atoms. The molecule has 118 valence electrons. The number of halogens is 2. The van der Waals surface area contributed by atoms with Crippen LogP contribution in [0.3, 0.4) is 0 Å². The van der Waals surface area contributed by atoms with Crippen molar-refractivity contribution in [2.24, 2.45) is 5.41 Å². The quantitative estimate of drug-likeness (QED) is 0.750. The molecule has 0 unspecified atom stereocenters. The van der Waals surface area contributed by atoms with Gasteiger partial charge in [-0.15, -0.1) is 0 Å². The molecule has 0 saturated heterocycles. The van der Waals surface area contributed by atoms with Crippen LogP contribution in [0.5, 0.6) is 0 Å². The van der Waals surface area contributed by atoms with Gasteiger partial charge in [-0.3, -0.25) is 0 Å². The van der Waals surface area contributed by atoms with Crippen molar-refractivity contribution in [2.75, 3.05) is 6.54 Å². The van der Waals surface area contributed by atoms with Gasteiger partial charge in [0.2, 0.25) is 0 Å². The van der Waals surface area contributed by atoms with E-state index < -0.39 is 0 Å². The van der Waals surface area contributed by atoms with E-state index in [1.54, 1.807) is 6.07 Å². The zero-order chi connectivity index (χ0) is 15.7. The van der Waals surface area contributed by atoms with Crippen LogP contribution >= 0.6 is 11.6 Å². The van der Waals surface area contributed by atoms with E-state index in [1.807, 2.05) is 12.1 Å². The monoisotopic (exact) mass is 311 g/mol. The Kier molecular flexibility index (Phi) is 4.99. The highest BCUT2D eigenvalue weighted by atomic mass is 35.5. The number of benzene rings is 1. The summed E-state index contributed by atoms with van der Waals surface area (Å²) in [6, 6.07) is 5.83. The van der Waals surface area contributed by atoms with Gasteiger partial charge in [0.1, 0.15) is 5.82 Å². The molecule has 1 aromatic rings. The lowest BCUT2D eigenvalue weighted by Gasteiger charge is -2.57. The Bertz CT molecular complexity index is 486. The van der Waals surface area contributed by atoms with Crippen LogP contribution in [0.25, 0.3) is 0 Å². The van der Waals surface area contributed by atoms with E-state index in [1.165, 1.54) is 0 Å². The maximum absolute atomic E-state index is 14.5. The zero-order valence-electron chi connectivity index (χ0n) is 13.6. The highest BCUT2D eigenvalue weighted by Gasteiger charge is 2.54. The predicted molar refractivity (Wildman–Crippen MR) is 88.5 cm³/mol. The minimum atomic E-state index is -0.231. The first-order valence-corrected chi connectivity index (χ1v) is 8.44. The van der Waals surface area contributed by atoms with Crippen molar-refractivity contribution in [1.29, 1.82) is 0 Å². The minimum absolute atomic E-state index is 0.106. The van der Waals surface area contributed by atoms with Crippen molar-refractivity contribution in [1.82, 2.24) is 5.32 Å². The van der Waals surface area contributed by atoms with Gasteiger partial charge in [-0.05, 0) is 29.9 Å². The standard InChI is InChI=1S/C18H27ClFN/c1-5-17(6-2)10-18(11-17,12-21-13(3)4)14-8-7-9-15(19)16(14)20/h7-9,13,21H,5-6,10-12H2,1-4H3. The molecule has 1 fully saturated rings. The molecular weight excluding hydrogens is 285 g/mol. The Morgan fingerprint density at radius 2 is 1.86 bits per heavy atom. The van der Waals surface area contributed by atoms with Gasteiger partial charge in [-0.25, -0.2) is 4.39 Å². The van der Waals surface area contributed by atoms with Gasteiger partial charge in [-0.2, -0.15) is 0 Å². The Morgan fingerprint density at radius 3 is 2.38 bits per heavy atom. The maximum Gasteiger partial charge on any atom is 0.145 e. The van der Waals surface area contributed by atoms with Crippen LogP contribution < -0.4 is 5.32 Å². The molecule has 1 aromatic carbocycles. The molecule has 0 atom stereocenters. The van der Waals surface area contributed by atoms with Crippen molar-refractivity contribution in [3.05, 3.63) is 34.6 Å². The van der Waals surface area contributed by atoms with Gasteiger partial charge in [0.05, 0.1) is 5.02 Å². The predicted octanol–water partition coefficient (Wildman–Crippen LogP) is 5.32. The summed E-state index contributed by atoms with van der Waals surface area (Å²) < 4.78 is 14.5. The van der Waals surface area contributed by atoms with E-state index in [0.717, 1.165) is 37.8 Å². The summed E-state index contributed by atoms with van der Waals surface area (Å²) in [6.07, 6.45) is 4.41. The summed E-state index contributed by atoms with van der Waals surface area (Å²) in [7, 11) is 0. The SMILES string of the molecule is CCC1(CC)CC(CNC(C)C)(c2cccc(Cl)c2F)C1. The smallest absolute Gasteiger partial charge is 0.145 e. The average molecular weight is 312 g/mol. The lowest BCUT2D eigenvalue weighted by atomic mass is 9.48. The van der Waals surface area contributed by atoms with Crippen LogP contribution in [0.15, 0.2) is 18.2 Å². The second-order valence-electron chi connectivity index (χ2n) is 6.98.